The van der Waals surface area contributed by atoms with Crippen LogP contribution in [0.5, 0.6) is 0 Å². The number of alkyl halides is 3. The van der Waals surface area contributed by atoms with Gasteiger partial charge >= 0.3 is 6.18 Å². The number of allylic oxidation sites excluding steroid dienone is 1. The molecule has 2 saturated heterocycles. The second-order valence-electron chi connectivity index (χ2n) is 12.6. The van der Waals surface area contributed by atoms with Gasteiger partial charge in [-0.3, -0.25) is 9.21 Å². The highest BCUT2D eigenvalue weighted by Gasteiger charge is 2.49. The Morgan fingerprint density at radius 1 is 1.02 bits per heavy atom. The van der Waals surface area contributed by atoms with Crippen LogP contribution in [0.2, 0.25) is 5.02 Å². The minimum atomic E-state index is -4.75. The fraction of sp³-hybridized carbons (Fsp3) is 0.382. The molecule has 0 aromatic heterocycles. The fourth-order valence-corrected chi connectivity index (χ4v) is 8.32. The van der Waals surface area contributed by atoms with Crippen LogP contribution < -0.4 is 9.21 Å². The van der Waals surface area contributed by atoms with E-state index in [1.54, 1.807) is 51.1 Å². The molecule has 0 bridgehead atoms. The number of anilines is 2. The molecule has 0 amide bonds. The largest absolute Gasteiger partial charge is 0.416 e. The smallest absolute Gasteiger partial charge is 0.362 e. The first-order valence-electron chi connectivity index (χ1n) is 15.2. The minimum absolute atomic E-state index is 0.0904. The number of sulfonamides is 1. The lowest BCUT2D eigenvalue weighted by atomic mass is 9.95. The highest BCUT2D eigenvalue weighted by molar-refractivity contribution is 7.92. The normalized spacial score (nSPS) is 21.3. The molecule has 8 nitrogen and oxygen atoms in total. The Balaban J connectivity index is 1.42. The van der Waals surface area contributed by atoms with Crippen molar-refractivity contribution >= 4 is 44.6 Å². The van der Waals surface area contributed by atoms with Gasteiger partial charge in [0.2, 0.25) is 0 Å². The molecular weight excluding hydrogens is 672 g/mol. The van der Waals surface area contributed by atoms with Gasteiger partial charge in [0.25, 0.3) is 10.0 Å². The number of benzene rings is 3. The van der Waals surface area contributed by atoms with Crippen LogP contribution in [0, 0.1) is 17.1 Å². The van der Waals surface area contributed by atoms with E-state index in [4.69, 9.17) is 21.1 Å². The number of ether oxygens (including phenoxy) is 2. The summed E-state index contributed by atoms with van der Waals surface area (Å²) in [5.41, 5.74) is -0.136. The molecule has 0 N–H and O–H groups in total. The minimum Gasteiger partial charge on any atom is -0.362 e. The molecule has 6 rings (SSSR count). The molecule has 254 valence electrons. The number of nitrogens with zero attached hydrogens (tertiary/aromatic N) is 4. The number of piperazine rings is 1. The van der Waals surface area contributed by atoms with Crippen molar-refractivity contribution in [2.24, 2.45) is 0 Å². The van der Waals surface area contributed by atoms with Crippen molar-refractivity contribution in [2.45, 2.75) is 49.2 Å². The maximum atomic E-state index is 14.7. The van der Waals surface area contributed by atoms with Gasteiger partial charge in [0.05, 0.1) is 58.7 Å². The predicted octanol–water partition coefficient (Wildman–Crippen LogP) is 6.80. The SMILES string of the molecule is C/C(=C\c1ccc2c(c1)N(S(=O)(=O)c1cccc(C(F)(F)F)c1)CC1CN(C3(C#N)COC(C)(C)OC3)CCN21)c1c(F)cccc1Cl. The molecule has 1 atom stereocenters. The predicted molar refractivity (Wildman–Crippen MR) is 174 cm³/mol. The van der Waals surface area contributed by atoms with Crippen molar-refractivity contribution in [1.29, 1.82) is 5.26 Å². The molecule has 0 aliphatic carbocycles. The van der Waals surface area contributed by atoms with E-state index in [0.717, 1.165) is 22.5 Å². The zero-order valence-electron chi connectivity index (χ0n) is 26.4. The standard InChI is InChI=1S/C34H33ClF4N4O4S/c1-22(31-27(35)8-5-9-28(31)36)14-23-10-11-29-30(15-23)43(48(44,45)26-7-4-6-24(16-26)34(37,38)39)18-25-17-41(12-13-42(25)29)33(19-40)20-46-32(2,3)47-21-33/h4-11,14-16,25H,12-13,17-18,20-21H2,1-3H3/b22-14+. The molecule has 0 spiro atoms. The van der Waals surface area contributed by atoms with Crippen LogP contribution in [0.25, 0.3) is 11.6 Å². The highest BCUT2D eigenvalue weighted by atomic mass is 35.5. The van der Waals surface area contributed by atoms with Crippen molar-refractivity contribution < 1.29 is 35.5 Å². The molecular formula is C34H33ClF4N4O4S. The summed E-state index contributed by atoms with van der Waals surface area (Å²) in [6.45, 7) is 6.42. The van der Waals surface area contributed by atoms with Gasteiger partial charge in [-0.25, -0.2) is 12.8 Å². The van der Waals surface area contributed by atoms with E-state index in [1.807, 2.05) is 4.90 Å². The van der Waals surface area contributed by atoms with Gasteiger partial charge in [0, 0.05) is 25.2 Å². The van der Waals surface area contributed by atoms with Gasteiger partial charge in [-0.05, 0) is 74.4 Å². The van der Waals surface area contributed by atoms with Crippen LogP contribution in [-0.2, 0) is 25.7 Å². The molecule has 0 saturated carbocycles. The quantitative estimate of drug-likeness (QED) is 0.213. The number of hydrogen-bond donors (Lipinski definition) is 0. The zero-order valence-corrected chi connectivity index (χ0v) is 28.0. The van der Waals surface area contributed by atoms with Crippen LogP contribution in [0.4, 0.5) is 28.9 Å². The van der Waals surface area contributed by atoms with Crippen molar-refractivity contribution in [2.75, 3.05) is 48.6 Å². The Labute approximate surface area is 281 Å². The van der Waals surface area contributed by atoms with E-state index in [1.165, 1.54) is 12.1 Å². The Morgan fingerprint density at radius 3 is 2.40 bits per heavy atom. The lowest BCUT2D eigenvalue weighted by Gasteiger charge is -2.53. The maximum absolute atomic E-state index is 14.7. The van der Waals surface area contributed by atoms with E-state index in [2.05, 4.69) is 11.0 Å². The maximum Gasteiger partial charge on any atom is 0.416 e. The third-order valence-corrected chi connectivity index (χ3v) is 11.1. The Bertz CT molecular complexity index is 1900. The Morgan fingerprint density at radius 2 is 1.73 bits per heavy atom. The average molecular weight is 705 g/mol. The lowest BCUT2D eigenvalue weighted by Crippen LogP contribution is -2.68. The molecule has 14 heteroatoms. The molecule has 3 aromatic carbocycles. The summed E-state index contributed by atoms with van der Waals surface area (Å²) in [5.74, 6) is -1.37. The number of hydrogen-bond acceptors (Lipinski definition) is 7. The summed E-state index contributed by atoms with van der Waals surface area (Å²) >= 11 is 6.29. The highest BCUT2D eigenvalue weighted by Crippen LogP contribution is 2.43. The van der Waals surface area contributed by atoms with E-state index < -0.39 is 49.8 Å². The Hall–Kier alpha value is -3.67. The summed E-state index contributed by atoms with van der Waals surface area (Å²) in [6.07, 6.45) is -3.08. The van der Waals surface area contributed by atoms with Crippen LogP contribution >= 0.6 is 11.6 Å². The second-order valence-corrected chi connectivity index (χ2v) is 14.9. The molecule has 0 radical (unpaired) electrons. The lowest BCUT2D eigenvalue weighted by molar-refractivity contribution is -0.277. The first-order chi connectivity index (χ1) is 22.5. The fourth-order valence-electron chi connectivity index (χ4n) is 6.45. The molecule has 2 fully saturated rings. The summed E-state index contributed by atoms with van der Waals surface area (Å²) in [5, 5.41) is 10.5. The summed E-state index contributed by atoms with van der Waals surface area (Å²) in [6, 6.07) is 15.0. The molecule has 3 aromatic rings. The van der Waals surface area contributed by atoms with Gasteiger partial charge < -0.3 is 14.4 Å². The average Bonchev–Trinajstić information content (AvgIpc) is 3.04. The molecule has 48 heavy (non-hydrogen) atoms. The molecule has 3 aliphatic heterocycles. The number of fused-ring (bicyclic) bond motifs is 3. The molecule has 1 unspecified atom stereocenters. The van der Waals surface area contributed by atoms with Gasteiger partial charge in [0.1, 0.15) is 5.82 Å². The van der Waals surface area contributed by atoms with Gasteiger partial charge in [-0.1, -0.05) is 35.9 Å². The van der Waals surface area contributed by atoms with Crippen LogP contribution in [-0.4, -0.2) is 70.1 Å². The van der Waals surface area contributed by atoms with Gasteiger partial charge in [-0.2, -0.15) is 18.4 Å². The first-order valence-corrected chi connectivity index (χ1v) is 17.0. The molecule has 3 aliphatic rings. The third-order valence-electron chi connectivity index (χ3n) is 9.06. The van der Waals surface area contributed by atoms with Crippen LogP contribution in [0.1, 0.15) is 37.5 Å². The van der Waals surface area contributed by atoms with E-state index in [9.17, 15) is 31.2 Å². The van der Waals surface area contributed by atoms with Crippen molar-refractivity contribution in [3.8, 4) is 6.07 Å². The van der Waals surface area contributed by atoms with E-state index >= 15 is 0 Å². The Kier molecular flexibility index (Phi) is 8.79. The summed E-state index contributed by atoms with van der Waals surface area (Å²) in [7, 11) is -4.53. The number of rotatable bonds is 5. The van der Waals surface area contributed by atoms with Crippen LogP contribution in [0.15, 0.2) is 65.6 Å². The number of halogens is 5. The number of nitriles is 1. The second kappa shape index (κ2) is 12.3. The monoisotopic (exact) mass is 704 g/mol. The van der Waals surface area contributed by atoms with Crippen LogP contribution in [0.3, 0.4) is 0 Å². The summed E-state index contributed by atoms with van der Waals surface area (Å²) in [4.78, 5) is 3.48. The van der Waals surface area contributed by atoms with Crippen molar-refractivity contribution in [1.82, 2.24) is 4.90 Å². The molecule has 3 heterocycles. The van der Waals surface area contributed by atoms with Gasteiger partial charge in [-0.15, -0.1) is 0 Å². The summed E-state index contributed by atoms with van der Waals surface area (Å²) < 4.78 is 97.0. The van der Waals surface area contributed by atoms with Gasteiger partial charge in [0.15, 0.2) is 11.3 Å². The topological polar surface area (TPSA) is 86.1 Å². The third kappa shape index (κ3) is 6.28. The zero-order chi connectivity index (χ0) is 34.6. The van der Waals surface area contributed by atoms with E-state index in [-0.39, 0.29) is 42.6 Å². The van der Waals surface area contributed by atoms with Crippen molar-refractivity contribution in [3.05, 3.63) is 88.2 Å². The van der Waals surface area contributed by atoms with Crippen molar-refractivity contribution in [3.63, 3.8) is 0 Å². The first kappa shape index (κ1) is 34.2. The van der Waals surface area contributed by atoms with E-state index in [0.29, 0.717) is 36.0 Å².